The molecule has 0 saturated heterocycles. The molecule has 7 rings (SSSR count). The van der Waals surface area contributed by atoms with Crippen LogP contribution in [0.1, 0.15) is 5.56 Å². The van der Waals surface area contributed by atoms with Crippen molar-refractivity contribution in [1.29, 1.82) is 0 Å². The summed E-state index contributed by atoms with van der Waals surface area (Å²) >= 11 is 7.60. The average molecular weight is 613 g/mol. The summed E-state index contributed by atoms with van der Waals surface area (Å²) in [6.07, 6.45) is 0. The van der Waals surface area contributed by atoms with Gasteiger partial charge in [-0.15, -0.1) is 0 Å². The first-order chi connectivity index (χ1) is 22.7. The molecule has 0 amide bonds. The molecule has 0 saturated carbocycles. The first-order valence-electron chi connectivity index (χ1n) is 15.5. The largest absolute Gasteiger partial charge is 0.309 e. The number of rotatable bonds is 8. The molecule has 0 bridgehead atoms. The summed E-state index contributed by atoms with van der Waals surface area (Å²) in [5.74, 6) is 0. The lowest BCUT2D eigenvalue weighted by molar-refractivity contribution is 1.23. The molecular weight excluding hydrogens is 580 g/mol. The van der Waals surface area contributed by atoms with E-state index in [9.17, 15) is 0 Å². The van der Waals surface area contributed by atoms with Crippen molar-refractivity contribution in [1.82, 2.24) is 0 Å². The van der Waals surface area contributed by atoms with Gasteiger partial charge in [-0.2, -0.15) is 0 Å². The molecule has 7 aromatic rings. The highest BCUT2D eigenvalue weighted by atomic mass is 35.5. The van der Waals surface area contributed by atoms with Crippen LogP contribution >= 0.6 is 11.6 Å². The van der Waals surface area contributed by atoms with Crippen molar-refractivity contribution in [2.45, 2.75) is 6.92 Å². The van der Waals surface area contributed by atoms with Crippen LogP contribution < -0.4 is 9.80 Å². The fourth-order valence-electron chi connectivity index (χ4n) is 5.98. The van der Waals surface area contributed by atoms with Crippen LogP contribution in [0.25, 0.3) is 22.3 Å². The van der Waals surface area contributed by atoms with E-state index in [4.69, 9.17) is 11.6 Å². The van der Waals surface area contributed by atoms with Gasteiger partial charge in [0.05, 0.1) is 16.4 Å². The molecule has 0 aliphatic rings. The highest BCUT2D eigenvalue weighted by molar-refractivity contribution is 6.36. The van der Waals surface area contributed by atoms with E-state index in [-0.39, 0.29) is 0 Å². The van der Waals surface area contributed by atoms with Crippen molar-refractivity contribution < 1.29 is 0 Å². The monoisotopic (exact) mass is 612 g/mol. The molecule has 0 radical (unpaired) electrons. The minimum atomic E-state index is 0.661. The standard InChI is InChI=1S/C43H33ClN2/c1-32-27-41(45(37-21-11-4-12-22-37)38-23-13-5-14-24-38)43(44)42(28-32)46(39-25-15-6-16-26-39)40-30-35(33-17-7-2-8-18-33)29-36(31-40)34-19-9-3-10-20-34/h2-31H,1H3. The number of para-hydroxylation sites is 3. The predicted octanol–water partition coefficient (Wildman–Crippen LogP) is 12.9. The maximum atomic E-state index is 7.60. The summed E-state index contributed by atoms with van der Waals surface area (Å²) < 4.78 is 0. The van der Waals surface area contributed by atoms with Gasteiger partial charge in [0.15, 0.2) is 0 Å². The zero-order chi connectivity index (χ0) is 31.3. The van der Waals surface area contributed by atoms with Crippen molar-refractivity contribution in [2.24, 2.45) is 0 Å². The molecule has 2 nitrogen and oxygen atoms in total. The van der Waals surface area contributed by atoms with E-state index in [1.807, 2.05) is 18.2 Å². The molecule has 0 fully saturated rings. The predicted molar refractivity (Wildman–Crippen MR) is 196 cm³/mol. The second-order valence-corrected chi connectivity index (χ2v) is 11.7. The van der Waals surface area contributed by atoms with Crippen molar-refractivity contribution in [3.63, 3.8) is 0 Å². The van der Waals surface area contributed by atoms with E-state index in [0.717, 1.165) is 61.9 Å². The smallest absolute Gasteiger partial charge is 0.0887 e. The Hall–Kier alpha value is -5.57. The van der Waals surface area contributed by atoms with Gasteiger partial charge in [-0.3, -0.25) is 0 Å². The highest BCUT2D eigenvalue weighted by Gasteiger charge is 2.23. The van der Waals surface area contributed by atoms with E-state index in [0.29, 0.717) is 5.02 Å². The van der Waals surface area contributed by atoms with E-state index in [2.05, 4.69) is 181 Å². The molecule has 7 aromatic carbocycles. The molecular formula is C43H33ClN2. The van der Waals surface area contributed by atoms with Crippen LogP contribution in [0, 0.1) is 6.92 Å². The fraction of sp³-hybridized carbons (Fsp3) is 0.0233. The Morgan fingerprint density at radius 3 is 1.04 bits per heavy atom. The van der Waals surface area contributed by atoms with Crippen LogP contribution in [-0.2, 0) is 0 Å². The van der Waals surface area contributed by atoms with Crippen LogP contribution in [0.4, 0.5) is 34.1 Å². The van der Waals surface area contributed by atoms with Gasteiger partial charge in [-0.05, 0) is 101 Å². The van der Waals surface area contributed by atoms with E-state index >= 15 is 0 Å². The Morgan fingerprint density at radius 2 is 0.674 bits per heavy atom. The molecule has 0 atom stereocenters. The highest BCUT2D eigenvalue weighted by Crippen LogP contribution is 2.48. The third-order valence-electron chi connectivity index (χ3n) is 8.09. The summed E-state index contributed by atoms with van der Waals surface area (Å²) in [6, 6.07) is 63.6. The van der Waals surface area contributed by atoms with Crippen LogP contribution in [0.2, 0.25) is 5.02 Å². The first kappa shape index (κ1) is 29.2. The molecule has 0 heterocycles. The first-order valence-corrected chi connectivity index (χ1v) is 15.8. The Morgan fingerprint density at radius 1 is 0.348 bits per heavy atom. The molecule has 222 valence electrons. The topological polar surface area (TPSA) is 6.48 Å². The molecule has 0 aliphatic carbocycles. The van der Waals surface area contributed by atoms with E-state index in [1.165, 1.54) is 0 Å². The summed E-state index contributed by atoms with van der Waals surface area (Å²) in [5, 5.41) is 0.661. The lowest BCUT2D eigenvalue weighted by Gasteiger charge is -2.32. The summed E-state index contributed by atoms with van der Waals surface area (Å²) in [7, 11) is 0. The number of benzene rings is 7. The number of anilines is 6. The van der Waals surface area contributed by atoms with Crippen molar-refractivity contribution >= 4 is 45.7 Å². The number of nitrogens with zero attached hydrogens (tertiary/aromatic N) is 2. The van der Waals surface area contributed by atoms with Crippen molar-refractivity contribution in [3.05, 3.63) is 193 Å². The lowest BCUT2D eigenvalue weighted by atomic mass is 9.97. The summed E-state index contributed by atoms with van der Waals surface area (Å²) in [5.41, 5.74) is 11.6. The van der Waals surface area contributed by atoms with Gasteiger partial charge in [0, 0.05) is 22.7 Å². The second kappa shape index (κ2) is 13.2. The van der Waals surface area contributed by atoms with Crippen LogP contribution in [0.5, 0.6) is 0 Å². The van der Waals surface area contributed by atoms with E-state index < -0.39 is 0 Å². The molecule has 0 spiro atoms. The number of halogens is 1. The zero-order valence-electron chi connectivity index (χ0n) is 25.6. The van der Waals surface area contributed by atoms with Crippen molar-refractivity contribution in [3.8, 4) is 22.3 Å². The van der Waals surface area contributed by atoms with Gasteiger partial charge in [0.2, 0.25) is 0 Å². The molecule has 46 heavy (non-hydrogen) atoms. The Balaban J connectivity index is 1.48. The van der Waals surface area contributed by atoms with Gasteiger partial charge in [0.25, 0.3) is 0 Å². The Bertz CT molecular complexity index is 1950. The van der Waals surface area contributed by atoms with E-state index in [1.54, 1.807) is 0 Å². The van der Waals surface area contributed by atoms with Gasteiger partial charge in [0.1, 0.15) is 0 Å². The van der Waals surface area contributed by atoms with Gasteiger partial charge in [-0.1, -0.05) is 127 Å². The summed E-state index contributed by atoms with van der Waals surface area (Å²) in [6.45, 7) is 2.14. The maximum Gasteiger partial charge on any atom is 0.0887 e. The number of aryl methyl sites for hydroxylation is 1. The molecule has 3 heteroatoms. The van der Waals surface area contributed by atoms with Gasteiger partial charge in [-0.25, -0.2) is 0 Å². The fourth-order valence-corrected chi connectivity index (χ4v) is 6.25. The minimum Gasteiger partial charge on any atom is -0.309 e. The zero-order valence-corrected chi connectivity index (χ0v) is 26.3. The third-order valence-corrected chi connectivity index (χ3v) is 8.48. The second-order valence-electron chi connectivity index (χ2n) is 11.3. The number of hydrogen-bond acceptors (Lipinski definition) is 2. The minimum absolute atomic E-state index is 0.661. The average Bonchev–Trinajstić information content (AvgIpc) is 3.12. The third kappa shape index (κ3) is 6.04. The SMILES string of the molecule is Cc1cc(N(c2ccccc2)c2ccccc2)c(Cl)c(N(c2ccccc2)c2cc(-c3ccccc3)cc(-c3ccccc3)c2)c1. The lowest BCUT2D eigenvalue weighted by Crippen LogP contribution is -2.15. The van der Waals surface area contributed by atoms with Gasteiger partial charge >= 0.3 is 0 Å². The summed E-state index contributed by atoms with van der Waals surface area (Å²) in [4.78, 5) is 4.52. The Kier molecular flexibility index (Phi) is 8.36. The molecule has 0 aliphatic heterocycles. The number of hydrogen-bond donors (Lipinski definition) is 0. The van der Waals surface area contributed by atoms with Crippen molar-refractivity contribution in [2.75, 3.05) is 9.80 Å². The molecule has 0 N–H and O–H groups in total. The quantitative estimate of drug-likeness (QED) is 0.168. The van der Waals surface area contributed by atoms with Crippen LogP contribution in [0.15, 0.2) is 182 Å². The van der Waals surface area contributed by atoms with Gasteiger partial charge < -0.3 is 9.80 Å². The maximum absolute atomic E-state index is 7.60. The normalized spacial score (nSPS) is 10.8. The molecule has 0 aromatic heterocycles. The van der Waals surface area contributed by atoms with Crippen LogP contribution in [-0.4, -0.2) is 0 Å². The van der Waals surface area contributed by atoms with Crippen LogP contribution in [0.3, 0.4) is 0 Å². The Labute approximate surface area is 276 Å². The molecule has 0 unspecified atom stereocenters.